The third-order valence-corrected chi connectivity index (χ3v) is 3.37. The van der Waals surface area contributed by atoms with Crippen LogP contribution in [0.4, 0.5) is 16.2 Å². The second-order valence-corrected chi connectivity index (χ2v) is 4.74. The zero-order valence-electron chi connectivity index (χ0n) is 10.3. The number of urea groups is 1. The number of nitrogens with two attached hydrogens (primary N) is 1. The van der Waals surface area contributed by atoms with Crippen molar-refractivity contribution in [3.63, 3.8) is 0 Å². The summed E-state index contributed by atoms with van der Waals surface area (Å²) in [6.45, 7) is 2.09. The minimum Gasteiger partial charge on any atom is -0.399 e. The molecule has 17 heavy (non-hydrogen) atoms. The minimum atomic E-state index is -0.0741. The number of hydrogen-bond donors (Lipinski definition) is 2. The first-order chi connectivity index (χ1) is 8.08. The number of nitrogens with zero attached hydrogens (tertiary/aromatic N) is 1. The zero-order valence-corrected chi connectivity index (χ0v) is 10.3. The van der Waals surface area contributed by atoms with Crippen molar-refractivity contribution in [2.45, 2.75) is 25.8 Å². The highest BCUT2D eigenvalue weighted by molar-refractivity contribution is 5.89. The average molecular weight is 233 g/mol. The SMILES string of the molecule is CC(C1CC1)N(C)C(=O)Nc1cccc(N)c1. The van der Waals surface area contributed by atoms with Crippen LogP contribution in [0.3, 0.4) is 0 Å². The first kappa shape index (κ1) is 11.8. The largest absolute Gasteiger partial charge is 0.399 e. The van der Waals surface area contributed by atoms with Gasteiger partial charge in [0.2, 0.25) is 0 Å². The highest BCUT2D eigenvalue weighted by atomic mass is 16.2. The van der Waals surface area contributed by atoms with Crippen LogP contribution >= 0.6 is 0 Å². The molecule has 1 fully saturated rings. The molecule has 0 aromatic heterocycles. The Labute approximate surface area is 102 Å². The van der Waals surface area contributed by atoms with Crippen molar-refractivity contribution in [1.82, 2.24) is 4.90 Å². The van der Waals surface area contributed by atoms with E-state index in [1.54, 1.807) is 17.0 Å². The molecule has 0 heterocycles. The number of nitrogen functional groups attached to an aromatic ring is 1. The van der Waals surface area contributed by atoms with E-state index in [1.165, 1.54) is 12.8 Å². The Kier molecular flexibility index (Phi) is 3.22. The standard InChI is InChI=1S/C13H19N3O/c1-9(10-6-7-10)16(2)13(17)15-12-5-3-4-11(14)8-12/h3-5,8-10H,6-7,14H2,1-2H3,(H,15,17). The third-order valence-electron chi connectivity index (χ3n) is 3.37. The maximum atomic E-state index is 12.0. The van der Waals surface area contributed by atoms with Gasteiger partial charge in [-0.25, -0.2) is 4.79 Å². The number of rotatable bonds is 3. The van der Waals surface area contributed by atoms with Crippen molar-refractivity contribution in [2.24, 2.45) is 5.92 Å². The lowest BCUT2D eigenvalue weighted by atomic mass is 10.2. The van der Waals surface area contributed by atoms with E-state index in [2.05, 4.69) is 12.2 Å². The second-order valence-electron chi connectivity index (χ2n) is 4.74. The van der Waals surface area contributed by atoms with E-state index in [4.69, 9.17) is 5.73 Å². The Morgan fingerprint density at radius 2 is 2.24 bits per heavy atom. The van der Waals surface area contributed by atoms with Gasteiger partial charge in [-0.1, -0.05) is 6.07 Å². The summed E-state index contributed by atoms with van der Waals surface area (Å²) in [6, 6.07) is 7.45. The number of amides is 2. The Bertz CT molecular complexity index is 415. The molecule has 0 bridgehead atoms. The molecule has 0 saturated heterocycles. The van der Waals surface area contributed by atoms with Crippen LogP contribution < -0.4 is 11.1 Å². The van der Waals surface area contributed by atoms with Gasteiger partial charge in [-0.2, -0.15) is 0 Å². The Morgan fingerprint density at radius 1 is 1.53 bits per heavy atom. The van der Waals surface area contributed by atoms with Crippen LogP contribution in [0, 0.1) is 5.92 Å². The van der Waals surface area contributed by atoms with E-state index >= 15 is 0 Å². The number of carbonyl (C=O) groups is 1. The molecule has 1 aromatic rings. The Hall–Kier alpha value is -1.71. The summed E-state index contributed by atoms with van der Waals surface area (Å²) < 4.78 is 0. The molecular formula is C13H19N3O. The topological polar surface area (TPSA) is 58.4 Å². The fourth-order valence-electron chi connectivity index (χ4n) is 1.91. The number of benzene rings is 1. The normalized spacial score (nSPS) is 16.4. The molecular weight excluding hydrogens is 214 g/mol. The monoisotopic (exact) mass is 233 g/mol. The van der Waals surface area contributed by atoms with E-state index < -0.39 is 0 Å². The van der Waals surface area contributed by atoms with Crippen molar-refractivity contribution in [3.05, 3.63) is 24.3 Å². The first-order valence-corrected chi connectivity index (χ1v) is 5.97. The predicted molar refractivity (Wildman–Crippen MR) is 69.8 cm³/mol. The van der Waals surface area contributed by atoms with Crippen molar-refractivity contribution < 1.29 is 4.79 Å². The Balaban J connectivity index is 1.96. The second kappa shape index (κ2) is 4.65. The van der Waals surface area contributed by atoms with Gasteiger partial charge in [-0.3, -0.25) is 0 Å². The molecule has 1 saturated carbocycles. The summed E-state index contributed by atoms with van der Waals surface area (Å²) in [4.78, 5) is 13.7. The van der Waals surface area contributed by atoms with Gasteiger partial charge in [0.1, 0.15) is 0 Å². The van der Waals surface area contributed by atoms with Gasteiger partial charge < -0.3 is 16.0 Å². The van der Waals surface area contributed by atoms with Crippen LogP contribution in [0.5, 0.6) is 0 Å². The van der Waals surface area contributed by atoms with Gasteiger partial charge in [0, 0.05) is 24.5 Å². The number of nitrogens with one attached hydrogen (secondary N) is 1. The smallest absolute Gasteiger partial charge is 0.321 e. The van der Waals surface area contributed by atoms with E-state index in [9.17, 15) is 4.79 Å². The van der Waals surface area contributed by atoms with Crippen LogP contribution in [0.1, 0.15) is 19.8 Å². The molecule has 1 aromatic carbocycles. The van der Waals surface area contributed by atoms with E-state index in [-0.39, 0.29) is 6.03 Å². The molecule has 0 radical (unpaired) electrons. The van der Waals surface area contributed by atoms with Crippen LogP contribution in [0.2, 0.25) is 0 Å². The van der Waals surface area contributed by atoms with Crippen molar-refractivity contribution in [2.75, 3.05) is 18.1 Å². The lowest BCUT2D eigenvalue weighted by Crippen LogP contribution is -2.39. The molecule has 1 unspecified atom stereocenters. The van der Waals surface area contributed by atoms with Gasteiger partial charge in [0.15, 0.2) is 0 Å². The molecule has 4 nitrogen and oxygen atoms in total. The highest BCUT2D eigenvalue weighted by Crippen LogP contribution is 2.34. The molecule has 1 aliphatic carbocycles. The summed E-state index contributed by atoms with van der Waals surface area (Å²) >= 11 is 0. The van der Waals surface area contributed by atoms with Crippen LogP contribution in [-0.2, 0) is 0 Å². The van der Waals surface area contributed by atoms with Gasteiger partial charge in [-0.05, 0) is 43.9 Å². The minimum absolute atomic E-state index is 0.0741. The number of anilines is 2. The van der Waals surface area contributed by atoms with Gasteiger partial charge in [-0.15, -0.1) is 0 Å². The van der Waals surface area contributed by atoms with Crippen LogP contribution in [0.15, 0.2) is 24.3 Å². The number of hydrogen-bond acceptors (Lipinski definition) is 2. The van der Waals surface area contributed by atoms with Gasteiger partial charge in [0.25, 0.3) is 0 Å². The van der Waals surface area contributed by atoms with Crippen LogP contribution in [-0.4, -0.2) is 24.0 Å². The molecule has 2 rings (SSSR count). The quantitative estimate of drug-likeness (QED) is 0.788. The van der Waals surface area contributed by atoms with E-state index in [1.807, 2.05) is 19.2 Å². The maximum absolute atomic E-state index is 12.0. The van der Waals surface area contributed by atoms with E-state index in [0.717, 1.165) is 5.69 Å². The highest BCUT2D eigenvalue weighted by Gasteiger charge is 2.32. The zero-order chi connectivity index (χ0) is 12.4. The fourth-order valence-corrected chi connectivity index (χ4v) is 1.91. The predicted octanol–water partition coefficient (Wildman–Crippen LogP) is 2.53. The molecule has 1 atom stereocenters. The molecule has 1 aliphatic rings. The number of carbonyl (C=O) groups excluding carboxylic acids is 1. The molecule has 2 amide bonds. The molecule has 0 aliphatic heterocycles. The molecule has 3 N–H and O–H groups in total. The van der Waals surface area contributed by atoms with Crippen molar-refractivity contribution >= 4 is 17.4 Å². The molecule has 0 spiro atoms. The van der Waals surface area contributed by atoms with E-state index in [0.29, 0.717) is 17.6 Å². The average Bonchev–Trinajstić information content (AvgIpc) is 3.11. The van der Waals surface area contributed by atoms with Gasteiger partial charge in [0.05, 0.1) is 0 Å². The summed E-state index contributed by atoms with van der Waals surface area (Å²) in [7, 11) is 1.84. The summed E-state index contributed by atoms with van der Waals surface area (Å²) in [6.07, 6.45) is 2.47. The summed E-state index contributed by atoms with van der Waals surface area (Å²) in [5, 5.41) is 2.85. The fraction of sp³-hybridized carbons (Fsp3) is 0.462. The summed E-state index contributed by atoms with van der Waals surface area (Å²) in [5.41, 5.74) is 7.06. The summed E-state index contributed by atoms with van der Waals surface area (Å²) in [5.74, 6) is 0.673. The van der Waals surface area contributed by atoms with Crippen molar-refractivity contribution in [3.8, 4) is 0 Å². The van der Waals surface area contributed by atoms with Crippen molar-refractivity contribution in [1.29, 1.82) is 0 Å². The maximum Gasteiger partial charge on any atom is 0.321 e. The molecule has 92 valence electrons. The molecule has 4 heteroatoms. The third kappa shape index (κ3) is 2.90. The van der Waals surface area contributed by atoms with Crippen LogP contribution in [0.25, 0.3) is 0 Å². The lowest BCUT2D eigenvalue weighted by molar-refractivity contribution is 0.201. The Morgan fingerprint density at radius 3 is 2.82 bits per heavy atom. The first-order valence-electron chi connectivity index (χ1n) is 5.97. The lowest BCUT2D eigenvalue weighted by Gasteiger charge is -2.25. The van der Waals surface area contributed by atoms with Gasteiger partial charge >= 0.3 is 6.03 Å².